The van der Waals surface area contributed by atoms with Gasteiger partial charge in [-0.05, 0) is 12.5 Å². The van der Waals surface area contributed by atoms with Crippen LogP contribution < -0.4 is 0 Å². The lowest BCUT2D eigenvalue weighted by Crippen LogP contribution is -2.37. The van der Waals surface area contributed by atoms with Gasteiger partial charge in [0.25, 0.3) is 5.91 Å². The molecule has 0 saturated carbocycles. The van der Waals surface area contributed by atoms with Gasteiger partial charge in [-0.1, -0.05) is 12.2 Å². The normalized spacial score (nSPS) is 28.9. The Hall–Kier alpha value is -2.04. The van der Waals surface area contributed by atoms with Crippen LogP contribution in [-0.4, -0.2) is 49.9 Å². The van der Waals surface area contributed by atoms with E-state index in [1.165, 1.54) is 0 Å². The lowest BCUT2D eigenvalue weighted by molar-refractivity contribution is -0.126. The Morgan fingerprint density at radius 1 is 1.35 bits per heavy atom. The molecule has 1 aliphatic carbocycles. The number of allylic oxidation sites excluding steroid dienone is 1. The summed E-state index contributed by atoms with van der Waals surface area (Å²) >= 11 is 0. The molecule has 0 aromatic heterocycles. The minimum Gasteiger partial charge on any atom is -0.497 e. The highest BCUT2D eigenvalue weighted by Gasteiger charge is 2.38. The fourth-order valence-electron chi connectivity index (χ4n) is 2.95. The first kappa shape index (κ1) is 13.0. The van der Waals surface area contributed by atoms with Crippen LogP contribution in [0.1, 0.15) is 12.8 Å². The van der Waals surface area contributed by atoms with Gasteiger partial charge < -0.3 is 14.4 Å². The average molecular weight is 274 g/mol. The van der Waals surface area contributed by atoms with Crippen molar-refractivity contribution in [3.05, 3.63) is 35.3 Å². The van der Waals surface area contributed by atoms with Crippen LogP contribution in [0.4, 0.5) is 0 Å². The molecule has 1 saturated heterocycles. The summed E-state index contributed by atoms with van der Waals surface area (Å²) in [5, 5.41) is 0. The summed E-state index contributed by atoms with van der Waals surface area (Å²) in [7, 11) is 3.19. The van der Waals surface area contributed by atoms with E-state index in [1.807, 2.05) is 11.1 Å². The number of hydrogen-bond acceptors (Lipinski definition) is 4. The SMILES string of the molecule is C=C1C[C@H]2C=NC3CC(OC)=C(OC)C=C3C(=O)N2C1. The second-order valence-corrected chi connectivity index (χ2v) is 5.27. The molecule has 0 bridgehead atoms. The molecule has 2 heterocycles. The van der Waals surface area contributed by atoms with Gasteiger partial charge in [-0.15, -0.1) is 0 Å². The first-order chi connectivity index (χ1) is 9.63. The van der Waals surface area contributed by atoms with E-state index in [0.29, 0.717) is 24.3 Å². The quantitative estimate of drug-likeness (QED) is 0.716. The molecule has 5 heteroatoms. The third-order valence-corrected chi connectivity index (χ3v) is 4.00. The first-order valence-electron chi connectivity index (χ1n) is 6.67. The Bertz CT molecular complexity index is 559. The minimum absolute atomic E-state index is 0.0286. The number of nitrogens with zero attached hydrogens (tertiary/aromatic N) is 2. The number of fused-ring (bicyclic) bond motifs is 2. The highest BCUT2D eigenvalue weighted by molar-refractivity contribution is 5.99. The maximum Gasteiger partial charge on any atom is 0.252 e. The highest BCUT2D eigenvalue weighted by atomic mass is 16.5. The third-order valence-electron chi connectivity index (χ3n) is 4.00. The van der Waals surface area contributed by atoms with Gasteiger partial charge in [0, 0.05) is 24.8 Å². The summed E-state index contributed by atoms with van der Waals surface area (Å²) in [6, 6.07) is -0.131. The lowest BCUT2D eigenvalue weighted by atomic mass is 9.96. The monoisotopic (exact) mass is 274 g/mol. The van der Waals surface area contributed by atoms with Crippen LogP contribution >= 0.6 is 0 Å². The smallest absolute Gasteiger partial charge is 0.252 e. The topological polar surface area (TPSA) is 51.1 Å². The summed E-state index contributed by atoms with van der Waals surface area (Å²) in [5.41, 5.74) is 1.75. The van der Waals surface area contributed by atoms with Gasteiger partial charge in [-0.2, -0.15) is 0 Å². The van der Waals surface area contributed by atoms with Gasteiger partial charge in [-0.25, -0.2) is 0 Å². The summed E-state index contributed by atoms with van der Waals surface area (Å²) in [4.78, 5) is 19.1. The molecule has 0 aromatic rings. The molecule has 3 rings (SSSR count). The van der Waals surface area contributed by atoms with Gasteiger partial charge >= 0.3 is 0 Å². The molecule has 0 N–H and O–H groups in total. The second-order valence-electron chi connectivity index (χ2n) is 5.27. The van der Waals surface area contributed by atoms with Crippen molar-refractivity contribution in [1.82, 2.24) is 4.90 Å². The van der Waals surface area contributed by atoms with Crippen molar-refractivity contribution in [3.63, 3.8) is 0 Å². The number of aliphatic imine (C=N–C) groups is 1. The first-order valence-corrected chi connectivity index (χ1v) is 6.67. The van der Waals surface area contributed by atoms with Crippen LogP contribution in [0.5, 0.6) is 0 Å². The van der Waals surface area contributed by atoms with Gasteiger partial charge in [0.15, 0.2) is 5.76 Å². The fraction of sp³-hybridized carbons (Fsp3) is 0.467. The minimum atomic E-state index is -0.171. The number of hydrogen-bond donors (Lipinski definition) is 0. The van der Waals surface area contributed by atoms with Crippen molar-refractivity contribution in [3.8, 4) is 0 Å². The fourth-order valence-corrected chi connectivity index (χ4v) is 2.95. The maximum atomic E-state index is 12.7. The third kappa shape index (κ3) is 1.94. The van der Waals surface area contributed by atoms with Crippen LogP contribution in [0.3, 0.4) is 0 Å². The molecule has 0 radical (unpaired) electrons. The van der Waals surface area contributed by atoms with Crippen molar-refractivity contribution < 1.29 is 14.3 Å². The van der Waals surface area contributed by atoms with E-state index in [4.69, 9.17) is 9.47 Å². The molecule has 1 fully saturated rings. The maximum absolute atomic E-state index is 12.7. The molecule has 20 heavy (non-hydrogen) atoms. The van der Waals surface area contributed by atoms with Crippen LogP contribution in [0.25, 0.3) is 0 Å². The Labute approximate surface area is 118 Å². The number of ether oxygens (including phenoxy) is 2. The largest absolute Gasteiger partial charge is 0.497 e. The van der Waals surface area contributed by atoms with Gasteiger partial charge in [0.05, 0.1) is 26.3 Å². The number of amides is 1. The zero-order chi connectivity index (χ0) is 14.3. The molecule has 1 amide bonds. The van der Waals surface area contributed by atoms with Crippen LogP contribution in [0.2, 0.25) is 0 Å². The molecule has 2 aliphatic heterocycles. The Kier molecular flexibility index (Phi) is 3.12. The van der Waals surface area contributed by atoms with E-state index in [1.54, 1.807) is 20.3 Å². The van der Waals surface area contributed by atoms with Crippen LogP contribution in [0, 0.1) is 0 Å². The van der Waals surface area contributed by atoms with Crippen molar-refractivity contribution in [2.75, 3.05) is 20.8 Å². The summed E-state index contributed by atoms with van der Waals surface area (Å²) in [5.74, 6) is 1.37. The average Bonchev–Trinajstić information content (AvgIpc) is 2.79. The summed E-state index contributed by atoms with van der Waals surface area (Å²) in [6.45, 7) is 4.59. The predicted molar refractivity (Wildman–Crippen MR) is 75.3 cm³/mol. The lowest BCUT2D eigenvalue weighted by Gasteiger charge is -2.25. The van der Waals surface area contributed by atoms with Gasteiger partial charge in [0.1, 0.15) is 5.76 Å². The molecule has 106 valence electrons. The molecular formula is C15H18N2O3. The van der Waals surface area contributed by atoms with E-state index in [9.17, 15) is 4.79 Å². The van der Waals surface area contributed by atoms with Gasteiger partial charge in [0.2, 0.25) is 0 Å². The van der Waals surface area contributed by atoms with E-state index in [0.717, 1.165) is 17.8 Å². The van der Waals surface area contributed by atoms with E-state index < -0.39 is 0 Å². The summed E-state index contributed by atoms with van der Waals surface area (Å²) < 4.78 is 10.6. The van der Waals surface area contributed by atoms with E-state index in [-0.39, 0.29) is 18.0 Å². The molecule has 3 aliphatic rings. The molecule has 1 unspecified atom stereocenters. The number of carbonyl (C=O) groups excluding carboxylic acids is 1. The Morgan fingerprint density at radius 2 is 2.15 bits per heavy atom. The summed E-state index contributed by atoms with van der Waals surface area (Å²) in [6.07, 6.45) is 5.01. The zero-order valence-corrected chi connectivity index (χ0v) is 11.8. The van der Waals surface area contributed by atoms with E-state index in [2.05, 4.69) is 11.6 Å². The molecule has 5 nitrogen and oxygen atoms in total. The van der Waals surface area contributed by atoms with Crippen molar-refractivity contribution in [2.45, 2.75) is 24.9 Å². The zero-order valence-electron chi connectivity index (χ0n) is 11.8. The predicted octanol–water partition coefficient (Wildman–Crippen LogP) is 1.43. The van der Waals surface area contributed by atoms with Crippen molar-refractivity contribution in [1.29, 1.82) is 0 Å². The Balaban J connectivity index is 2.00. The van der Waals surface area contributed by atoms with Crippen molar-refractivity contribution in [2.24, 2.45) is 4.99 Å². The standard InChI is InChI=1S/C15H18N2O3/c1-9-4-10-7-16-12-6-14(20-3)13(19-2)5-11(12)15(18)17(10)8-9/h5,7,10,12H,1,4,6,8H2,2-3H3/t10-,12?/m0/s1. The number of carbonyl (C=O) groups is 1. The highest BCUT2D eigenvalue weighted by Crippen LogP contribution is 2.33. The molecule has 0 aromatic carbocycles. The number of methoxy groups -OCH3 is 2. The van der Waals surface area contributed by atoms with Crippen molar-refractivity contribution >= 4 is 12.1 Å². The Morgan fingerprint density at radius 3 is 2.85 bits per heavy atom. The molecule has 2 atom stereocenters. The van der Waals surface area contributed by atoms with Crippen LogP contribution in [0.15, 0.2) is 40.3 Å². The molecule has 0 spiro atoms. The van der Waals surface area contributed by atoms with E-state index >= 15 is 0 Å². The number of rotatable bonds is 2. The second kappa shape index (κ2) is 4.81. The molecular weight excluding hydrogens is 256 g/mol. The van der Waals surface area contributed by atoms with Crippen LogP contribution in [-0.2, 0) is 14.3 Å². The van der Waals surface area contributed by atoms with Gasteiger partial charge in [-0.3, -0.25) is 9.79 Å².